The third-order valence-corrected chi connectivity index (χ3v) is 7.05. The fourth-order valence-electron chi connectivity index (χ4n) is 2.98. The molecule has 0 heterocycles. The summed E-state index contributed by atoms with van der Waals surface area (Å²) in [6, 6.07) is 14.2. The highest BCUT2D eigenvalue weighted by molar-refractivity contribution is 7.89. The van der Waals surface area contributed by atoms with Crippen LogP contribution in [0.4, 0.5) is 5.69 Å². The molecule has 0 unspecified atom stereocenters. The SMILES string of the molecule is CCN(CC)S(=O)(=O)c1ccc(Cl)c(C(=O)NCCCN(C)c2ccccc2)c1. The van der Waals surface area contributed by atoms with E-state index in [9.17, 15) is 13.2 Å². The molecule has 1 amide bonds. The summed E-state index contributed by atoms with van der Waals surface area (Å²) in [7, 11) is -1.66. The molecule has 0 saturated heterocycles. The quantitative estimate of drug-likeness (QED) is 0.576. The smallest absolute Gasteiger partial charge is 0.252 e. The molecule has 0 spiro atoms. The van der Waals surface area contributed by atoms with Gasteiger partial charge < -0.3 is 10.2 Å². The maximum atomic E-state index is 12.7. The van der Waals surface area contributed by atoms with E-state index in [0.717, 1.165) is 18.7 Å². The van der Waals surface area contributed by atoms with Crippen molar-refractivity contribution in [2.24, 2.45) is 0 Å². The molecular formula is C21H28ClN3O3S. The van der Waals surface area contributed by atoms with Gasteiger partial charge in [-0.2, -0.15) is 4.31 Å². The van der Waals surface area contributed by atoms with Crippen LogP contribution in [-0.4, -0.2) is 51.9 Å². The molecule has 2 aromatic rings. The lowest BCUT2D eigenvalue weighted by Gasteiger charge is -2.20. The molecule has 2 rings (SSSR count). The van der Waals surface area contributed by atoms with Gasteiger partial charge in [-0.25, -0.2) is 8.42 Å². The van der Waals surface area contributed by atoms with Crippen LogP contribution in [0.2, 0.25) is 5.02 Å². The highest BCUT2D eigenvalue weighted by atomic mass is 35.5. The van der Waals surface area contributed by atoms with Gasteiger partial charge in [0.2, 0.25) is 10.0 Å². The third-order valence-electron chi connectivity index (χ3n) is 4.68. The maximum absolute atomic E-state index is 12.7. The maximum Gasteiger partial charge on any atom is 0.252 e. The molecule has 6 nitrogen and oxygen atoms in total. The fraction of sp³-hybridized carbons (Fsp3) is 0.381. The molecule has 158 valence electrons. The summed E-state index contributed by atoms with van der Waals surface area (Å²) in [5, 5.41) is 3.05. The minimum absolute atomic E-state index is 0.0690. The summed E-state index contributed by atoms with van der Waals surface area (Å²) in [5.74, 6) is -0.381. The first-order chi connectivity index (χ1) is 13.8. The largest absolute Gasteiger partial charge is 0.375 e. The zero-order valence-electron chi connectivity index (χ0n) is 17.1. The van der Waals surface area contributed by atoms with Gasteiger partial charge >= 0.3 is 0 Å². The van der Waals surface area contributed by atoms with Gasteiger partial charge in [0.05, 0.1) is 15.5 Å². The Bertz CT molecular complexity index is 916. The summed E-state index contributed by atoms with van der Waals surface area (Å²) in [6.07, 6.45) is 0.742. The summed E-state index contributed by atoms with van der Waals surface area (Å²) >= 11 is 6.15. The molecule has 0 aliphatic heterocycles. The van der Waals surface area contributed by atoms with Crippen molar-refractivity contribution in [1.29, 1.82) is 0 Å². The van der Waals surface area contributed by atoms with Crippen LogP contribution >= 0.6 is 11.6 Å². The van der Waals surface area contributed by atoms with E-state index < -0.39 is 10.0 Å². The number of halogens is 1. The Morgan fingerprint density at radius 1 is 1.07 bits per heavy atom. The molecule has 0 fully saturated rings. The molecule has 0 aromatic heterocycles. The van der Waals surface area contributed by atoms with Crippen molar-refractivity contribution in [2.45, 2.75) is 25.2 Å². The predicted molar refractivity (Wildman–Crippen MR) is 118 cm³/mol. The fourth-order valence-corrected chi connectivity index (χ4v) is 4.66. The van der Waals surface area contributed by atoms with Crippen LogP contribution in [0.25, 0.3) is 0 Å². The lowest BCUT2D eigenvalue weighted by atomic mass is 10.2. The number of anilines is 1. The molecule has 2 aromatic carbocycles. The molecule has 0 radical (unpaired) electrons. The number of nitrogens with one attached hydrogen (secondary N) is 1. The second-order valence-electron chi connectivity index (χ2n) is 6.60. The Balaban J connectivity index is 2.00. The average molecular weight is 438 g/mol. The standard InChI is InChI=1S/C21H28ClN3O3S/c1-4-25(5-2)29(27,28)18-12-13-20(22)19(16-18)21(26)23-14-9-15-24(3)17-10-7-6-8-11-17/h6-8,10-13,16H,4-5,9,14-15H2,1-3H3,(H,23,26). The van der Waals surface area contributed by atoms with E-state index in [1.165, 1.54) is 22.5 Å². The van der Waals surface area contributed by atoms with E-state index >= 15 is 0 Å². The van der Waals surface area contributed by atoms with Crippen LogP contribution in [-0.2, 0) is 10.0 Å². The normalized spacial score (nSPS) is 11.5. The van der Waals surface area contributed by atoms with Crippen molar-refractivity contribution >= 4 is 33.2 Å². The number of hydrogen-bond acceptors (Lipinski definition) is 4. The van der Waals surface area contributed by atoms with Crippen molar-refractivity contribution in [2.75, 3.05) is 38.1 Å². The van der Waals surface area contributed by atoms with Gasteiger partial charge in [-0.05, 0) is 36.8 Å². The minimum atomic E-state index is -3.65. The first-order valence-electron chi connectivity index (χ1n) is 9.65. The first kappa shape index (κ1) is 23.2. The van der Waals surface area contributed by atoms with E-state index in [1.54, 1.807) is 13.8 Å². The lowest BCUT2D eigenvalue weighted by Crippen LogP contribution is -2.31. The Morgan fingerprint density at radius 3 is 2.34 bits per heavy atom. The molecule has 0 aliphatic carbocycles. The number of carbonyl (C=O) groups excluding carboxylic acids is 1. The highest BCUT2D eigenvalue weighted by Crippen LogP contribution is 2.23. The summed E-state index contributed by atoms with van der Waals surface area (Å²) < 4.78 is 26.7. The van der Waals surface area contributed by atoms with Crippen molar-refractivity contribution in [1.82, 2.24) is 9.62 Å². The summed E-state index contributed by atoms with van der Waals surface area (Å²) in [5.41, 5.74) is 1.27. The van der Waals surface area contributed by atoms with Crippen molar-refractivity contribution in [3.63, 3.8) is 0 Å². The number of carbonyl (C=O) groups is 1. The number of amides is 1. The van der Waals surface area contributed by atoms with Crippen molar-refractivity contribution in [3.8, 4) is 0 Å². The topological polar surface area (TPSA) is 69.7 Å². The molecule has 0 saturated carbocycles. The molecule has 0 atom stereocenters. The van der Waals surface area contributed by atoms with Gasteiger partial charge in [0.25, 0.3) is 5.91 Å². The molecule has 1 N–H and O–H groups in total. The van der Waals surface area contributed by atoms with Gasteiger partial charge in [-0.3, -0.25) is 4.79 Å². The van der Waals surface area contributed by atoms with Crippen LogP contribution < -0.4 is 10.2 Å². The van der Waals surface area contributed by atoms with Crippen LogP contribution in [0.1, 0.15) is 30.6 Å². The average Bonchev–Trinajstić information content (AvgIpc) is 2.72. The van der Waals surface area contributed by atoms with E-state index in [0.29, 0.717) is 19.6 Å². The Kier molecular flexibility index (Phi) is 8.49. The number of para-hydroxylation sites is 1. The van der Waals surface area contributed by atoms with Gasteiger partial charge in [0.15, 0.2) is 0 Å². The van der Waals surface area contributed by atoms with Crippen molar-refractivity contribution in [3.05, 3.63) is 59.1 Å². The second-order valence-corrected chi connectivity index (χ2v) is 8.94. The summed E-state index contributed by atoms with van der Waals surface area (Å²) in [6.45, 7) is 5.50. The lowest BCUT2D eigenvalue weighted by molar-refractivity contribution is 0.0953. The number of benzene rings is 2. The number of rotatable bonds is 10. The van der Waals surface area contributed by atoms with E-state index in [-0.39, 0.29) is 21.4 Å². The number of nitrogens with zero attached hydrogens (tertiary/aromatic N) is 2. The predicted octanol–water partition coefficient (Wildman–Crippen LogP) is 3.63. The summed E-state index contributed by atoms with van der Waals surface area (Å²) in [4.78, 5) is 14.7. The molecular weight excluding hydrogens is 410 g/mol. The highest BCUT2D eigenvalue weighted by Gasteiger charge is 2.23. The van der Waals surface area contributed by atoms with Crippen LogP contribution in [0, 0.1) is 0 Å². The number of hydrogen-bond donors (Lipinski definition) is 1. The van der Waals surface area contributed by atoms with Gasteiger partial charge in [-0.15, -0.1) is 0 Å². The molecule has 29 heavy (non-hydrogen) atoms. The Morgan fingerprint density at radius 2 is 1.72 bits per heavy atom. The monoisotopic (exact) mass is 437 g/mol. The Labute approximate surface area is 178 Å². The van der Waals surface area contributed by atoms with Crippen LogP contribution in [0.15, 0.2) is 53.4 Å². The van der Waals surface area contributed by atoms with Crippen LogP contribution in [0.3, 0.4) is 0 Å². The van der Waals surface area contributed by atoms with Gasteiger partial charge in [-0.1, -0.05) is 43.6 Å². The Hall–Kier alpha value is -2.09. The van der Waals surface area contributed by atoms with Gasteiger partial charge in [0, 0.05) is 38.9 Å². The van der Waals surface area contributed by atoms with E-state index in [1.807, 2.05) is 37.4 Å². The van der Waals surface area contributed by atoms with Crippen molar-refractivity contribution < 1.29 is 13.2 Å². The zero-order chi connectivity index (χ0) is 21.4. The van der Waals surface area contributed by atoms with Crippen LogP contribution in [0.5, 0.6) is 0 Å². The third kappa shape index (κ3) is 5.95. The molecule has 0 aliphatic rings. The first-order valence-corrected chi connectivity index (χ1v) is 11.5. The number of sulfonamides is 1. The molecule has 8 heteroatoms. The van der Waals surface area contributed by atoms with Gasteiger partial charge in [0.1, 0.15) is 0 Å². The zero-order valence-corrected chi connectivity index (χ0v) is 18.6. The van der Waals surface area contributed by atoms with E-state index in [4.69, 9.17) is 11.6 Å². The minimum Gasteiger partial charge on any atom is -0.375 e. The molecule has 0 bridgehead atoms. The second kappa shape index (κ2) is 10.6. The van der Waals surface area contributed by atoms with E-state index in [2.05, 4.69) is 10.2 Å².